The number of nitrogens with zero attached hydrogens (tertiary/aromatic N) is 4. The predicted octanol–water partition coefficient (Wildman–Crippen LogP) is 1.84. The summed E-state index contributed by atoms with van der Waals surface area (Å²) in [7, 11) is -3.80. The predicted molar refractivity (Wildman–Crippen MR) is 127 cm³/mol. The largest absolute Gasteiger partial charge is 0.353 e. The Hall–Kier alpha value is -2.92. The standard InChI is InChI=1S/C22H30N6O4S/c1-3-26-19-18(20(29)27(4-2)22(26)30)28(21(25-19)24-16-8-6-5-7-9-16)14-15-10-12-17(13-11-15)33(23,31)32/h10-13,16H,3-9,14H2,1-2H3,(H,24,25)(H2,23,31,32). The van der Waals surface area contributed by atoms with Crippen molar-refractivity contribution in [1.82, 2.24) is 18.7 Å². The molecule has 33 heavy (non-hydrogen) atoms. The lowest BCUT2D eigenvalue weighted by Crippen LogP contribution is -2.40. The zero-order valence-electron chi connectivity index (χ0n) is 19.0. The quantitative estimate of drug-likeness (QED) is 0.537. The Bertz CT molecular complexity index is 1380. The first-order valence-corrected chi connectivity index (χ1v) is 12.9. The molecule has 2 heterocycles. The van der Waals surface area contributed by atoms with E-state index in [9.17, 15) is 18.0 Å². The van der Waals surface area contributed by atoms with Crippen LogP contribution in [-0.2, 0) is 29.7 Å². The maximum Gasteiger partial charge on any atom is 0.332 e. The number of hydrogen-bond acceptors (Lipinski definition) is 6. The van der Waals surface area contributed by atoms with Gasteiger partial charge in [-0.2, -0.15) is 4.98 Å². The molecule has 1 aromatic carbocycles. The van der Waals surface area contributed by atoms with E-state index in [0.717, 1.165) is 31.2 Å². The number of imidazole rings is 1. The molecule has 178 valence electrons. The highest BCUT2D eigenvalue weighted by Gasteiger charge is 2.23. The van der Waals surface area contributed by atoms with Crippen LogP contribution in [0.5, 0.6) is 0 Å². The van der Waals surface area contributed by atoms with Crippen molar-refractivity contribution in [3.05, 3.63) is 50.7 Å². The first-order valence-electron chi connectivity index (χ1n) is 11.4. The van der Waals surface area contributed by atoms with Crippen molar-refractivity contribution >= 4 is 27.1 Å². The van der Waals surface area contributed by atoms with Crippen LogP contribution in [0.2, 0.25) is 0 Å². The summed E-state index contributed by atoms with van der Waals surface area (Å²) >= 11 is 0. The topological polar surface area (TPSA) is 134 Å². The average Bonchev–Trinajstić information content (AvgIpc) is 3.12. The minimum atomic E-state index is -3.80. The molecule has 0 amide bonds. The van der Waals surface area contributed by atoms with Crippen LogP contribution in [0.15, 0.2) is 38.8 Å². The van der Waals surface area contributed by atoms with Gasteiger partial charge >= 0.3 is 5.69 Å². The Morgan fingerprint density at radius 3 is 2.21 bits per heavy atom. The second kappa shape index (κ2) is 9.14. The van der Waals surface area contributed by atoms with Gasteiger partial charge in [0.2, 0.25) is 16.0 Å². The fourth-order valence-corrected chi connectivity index (χ4v) is 5.03. The van der Waals surface area contributed by atoms with Gasteiger partial charge < -0.3 is 5.32 Å². The molecule has 3 aromatic rings. The fourth-order valence-electron chi connectivity index (χ4n) is 4.52. The molecule has 0 saturated heterocycles. The van der Waals surface area contributed by atoms with E-state index in [1.165, 1.54) is 27.7 Å². The van der Waals surface area contributed by atoms with E-state index in [2.05, 4.69) is 5.32 Å². The SMILES string of the molecule is CCn1c(=O)c2c(nc(NC3CCCCC3)n2Cc2ccc(S(N)(=O)=O)cc2)n(CC)c1=O. The Kier molecular flexibility index (Phi) is 6.44. The molecule has 1 fully saturated rings. The molecular formula is C22H30N6O4S. The number of nitrogens with one attached hydrogen (secondary N) is 1. The summed E-state index contributed by atoms with van der Waals surface area (Å²) in [6.45, 7) is 4.55. The molecule has 1 aliphatic carbocycles. The third-order valence-corrected chi connectivity index (χ3v) is 7.21. The minimum absolute atomic E-state index is 0.0236. The number of hydrogen-bond donors (Lipinski definition) is 2. The highest BCUT2D eigenvalue weighted by molar-refractivity contribution is 7.89. The van der Waals surface area contributed by atoms with Crippen LogP contribution in [0, 0.1) is 0 Å². The number of anilines is 1. The van der Waals surface area contributed by atoms with E-state index in [4.69, 9.17) is 10.1 Å². The normalized spacial score (nSPS) is 15.2. The molecule has 0 aliphatic heterocycles. The number of sulfonamides is 1. The highest BCUT2D eigenvalue weighted by Crippen LogP contribution is 2.24. The lowest BCUT2D eigenvalue weighted by atomic mass is 9.96. The Labute approximate surface area is 192 Å². The summed E-state index contributed by atoms with van der Waals surface area (Å²) in [6.07, 6.45) is 5.52. The van der Waals surface area contributed by atoms with Gasteiger partial charge in [0, 0.05) is 19.1 Å². The zero-order chi connectivity index (χ0) is 23.8. The summed E-state index contributed by atoms with van der Waals surface area (Å²) in [5, 5.41) is 8.72. The lowest BCUT2D eigenvalue weighted by Gasteiger charge is -2.23. The van der Waals surface area contributed by atoms with Gasteiger partial charge in [0.25, 0.3) is 5.56 Å². The summed E-state index contributed by atoms with van der Waals surface area (Å²) in [6, 6.07) is 6.48. The van der Waals surface area contributed by atoms with Gasteiger partial charge in [-0.05, 0) is 44.4 Å². The number of fused-ring (bicyclic) bond motifs is 1. The minimum Gasteiger partial charge on any atom is -0.353 e. The van der Waals surface area contributed by atoms with Crippen LogP contribution in [0.4, 0.5) is 5.95 Å². The Morgan fingerprint density at radius 2 is 1.64 bits per heavy atom. The van der Waals surface area contributed by atoms with Crippen LogP contribution >= 0.6 is 0 Å². The second-order valence-electron chi connectivity index (χ2n) is 8.44. The van der Waals surface area contributed by atoms with E-state index in [0.29, 0.717) is 23.7 Å². The number of aryl methyl sites for hydroxylation is 1. The van der Waals surface area contributed by atoms with Gasteiger partial charge in [0.15, 0.2) is 11.2 Å². The van der Waals surface area contributed by atoms with Crippen molar-refractivity contribution in [1.29, 1.82) is 0 Å². The first kappa shape index (κ1) is 23.2. The molecule has 2 aromatic heterocycles. The van der Waals surface area contributed by atoms with Gasteiger partial charge in [0.05, 0.1) is 11.4 Å². The van der Waals surface area contributed by atoms with E-state index in [1.807, 2.05) is 6.92 Å². The molecule has 0 atom stereocenters. The van der Waals surface area contributed by atoms with Crippen molar-refractivity contribution in [2.45, 2.75) is 76.5 Å². The molecule has 10 nitrogen and oxygen atoms in total. The monoisotopic (exact) mass is 474 g/mol. The van der Waals surface area contributed by atoms with Gasteiger partial charge in [-0.25, -0.2) is 18.4 Å². The molecule has 0 bridgehead atoms. The van der Waals surface area contributed by atoms with Crippen LogP contribution < -0.4 is 21.7 Å². The molecule has 0 spiro atoms. The number of rotatable bonds is 7. The van der Waals surface area contributed by atoms with Gasteiger partial charge in [-0.15, -0.1) is 0 Å². The van der Waals surface area contributed by atoms with Gasteiger partial charge in [-0.3, -0.25) is 18.5 Å². The van der Waals surface area contributed by atoms with E-state index < -0.39 is 10.0 Å². The summed E-state index contributed by atoms with van der Waals surface area (Å²) < 4.78 is 27.8. The van der Waals surface area contributed by atoms with E-state index >= 15 is 0 Å². The lowest BCUT2D eigenvalue weighted by molar-refractivity contribution is 0.459. The third kappa shape index (κ3) is 4.47. The molecule has 0 unspecified atom stereocenters. The highest BCUT2D eigenvalue weighted by atomic mass is 32.2. The maximum absolute atomic E-state index is 13.3. The van der Waals surface area contributed by atoms with Crippen molar-refractivity contribution < 1.29 is 8.42 Å². The van der Waals surface area contributed by atoms with Crippen molar-refractivity contribution in [3.8, 4) is 0 Å². The summed E-state index contributed by atoms with van der Waals surface area (Å²) in [5.74, 6) is 0.542. The van der Waals surface area contributed by atoms with Crippen molar-refractivity contribution in [3.63, 3.8) is 0 Å². The van der Waals surface area contributed by atoms with Crippen molar-refractivity contribution in [2.24, 2.45) is 5.14 Å². The third-order valence-electron chi connectivity index (χ3n) is 6.28. The second-order valence-corrected chi connectivity index (χ2v) is 10.00. The fraction of sp³-hybridized carbons (Fsp3) is 0.500. The van der Waals surface area contributed by atoms with E-state index in [-0.39, 0.29) is 35.3 Å². The number of primary sulfonamides is 1. The number of nitrogens with two attached hydrogens (primary N) is 1. The Balaban J connectivity index is 1.88. The molecule has 3 N–H and O–H groups in total. The molecule has 1 saturated carbocycles. The molecule has 4 rings (SSSR count). The zero-order valence-corrected chi connectivity index (χ0v) is 19.8. The summed E-state index contributed by atoms with van der Waals surface area (Å²) in [4.78, 5) is 30.9. The Morgan fingerprint density at radius 1 is 1.00 bits per heavy atom. The van der Waals surface area contributed by atoms with Crippen LogP contribution in [0.1, 0.15) is 51.5 Å². The molecule has 1 aliphatic rings. The van der Waals surface area contributed by atoms with Gasteiger partial charge in [-0.1, -0.05) is 31.4 Å². The molecule has 11 heteroatoms. The van der Waals surface area contributed by atoms with Crippen LogP contribution in [0.3, 0.4) is 0 Å². The van der Waals surface area contributed by atoms with Crippen molar-refractivity contribution in [2.75, 3.05) is 5.32 Å². The number of aromatic nitrogens is 4. The smallest absolute Gasteiger partial charge is 0.332 e. The maximum atomic E-state index is 13.3. The van der Waals surface area contributed by atoms with E-state index in [1.54, 1.807) is 23.6 Å². The van der Waals surface area contributed by atoms with Crippen LogP contribution in [-0.4, -0.2) is 33.1 Å². The first-order chi connectivity index (χ1) is 15.7. The molecular weight excluding hydrogens is 444 g/mol. The van der Waals surface area contributed by atoms with Crippen LogP contribution in [0.25, 0.3) is 11.2 Å². The summed E-state index contributed by atoms with van der Waals surface area (Å²) in [5.41, 5.74) is 0.741. The van der Waals surface area contributed by atoms with Gasteiger partial charge in [0.1, 0.15) is 0 Å². The average molecular weight is 475 g/mol. The number of benzene rings is 1. The molecule has 0 radical (unpaired) electrons.